The first-order valence-corrected chi connectivity index (χ1v) is 9.98. The van der Waals surface area contributed by atoms with Crippen molar-refractivity contribution >= 4 is 23.2 Å². The maximum Gasteiger partial charge on any atom is 0.337 e. The Hall–Kier alpha value is -2.42. The molecule has 0 bridgehead atoms. The Balaban J connectivity index is 1.31. The standard InChI is InChI=1S/C20H21NO6S/c1-24-20(23)13-2-4-15(5-3-13)27-16-10-25-17-8-21(9-18(17)26-11-16)19(22)14-6-7-28-12-14/h2-7,12,16-18H,8-11H2,1H3/t17-,18-/m0/s1. The first-order valence-electron chi connectivity index (χ1n) is 9.04. The minimum absolute atomic E-state index is 0.0139. The Morgan fingerprint density at radius 1 is 1.04 bits per heavy atom. The lowest BCUT2D eigenvalue weighted by Crippen LogP contribution is -2.32. The summed E-state index contributed by atoms with van der Waals surface area (Å²) in [6.45, 7) is 1.78. The maximum absolute atomic E-state index is 12.5. The Kier molecular flexibility index (Phi) is 5.61. The normalized spacial score (nSPS) is 22.4. The van der Waals surface area contributed by atoms with Gasteiger partial charge in [-0.25, -0.2) is 4.79 Å². The van der Waals surface area contributed by atoms with Crippen LogP contribution in [0.5, 0.6) is 5.75 Å². The summed E-state index contributed by atoms with van der Waals surface area (Å²) in [5, 5.41) is 3.75. The molecule has 0 saturated carbocycles. The fraction of sp³-hybridized carbons (Fsp3) is 0.400. The topological polar surface area (TPSA) is 74.3 Å². The van der Waals surface area contributed by atoms with Crippen LogP contribution in [0.25, 0.3) is 0 Å². The van der Waals surface area contributed by atoms with E-state index in [2.05, 4.69) is 4.74 Å². The molecule has 2 saturated heterocycles. The number of carbonyl (C=O) groups excluding carboxylic acids is 2. The predicted molar refractivity (Wildman–Crippen MR) is 102 cm³/mol. The molecule has 3 heterocycles. The summed E-state index contributed by atoms with van der Waals surface area (Å²) in [6.07, 6.45) is -0.564. The zero-order chi connectivity index (χ0) is 19.5. The van der Waals surface area contributed by atoms with Gasteiger partial charge in [0.1, 0.15) is 24.1 Å². The highest BCUT2D eigenvalue weighted by Gasteiger charge is 2.40. The monoisotopic (exact) mass is 403 g/mol. The van der Waals surface area contributed by atoms with E-state index in [1.807, 2.05) is 16.8 Å². The second-order valence-corrected chi connectivity index (χ2v) is 7.50. The molecule has 1 amide bonds. The van der Waals surface area contributed by atoms with E-state index in [0.29, 0.717) is 43.2 Å². The van der Waals surface area contributed by atoms with E-state index in [9.17, 15) is 9.59 Å². The predicted octanol–water partition coefficient (Wildman–Crippen LogP) is 2.22. The van der Waals surface area contributed by atoms with Crippen LogP contribution in [0.4, 0.5) is 0 Å². The number of esters is 1. The number of thiophene rings is 1. The SMILES string of the molecule is COC(=O)c1ccc(OC2CO[C@H]3CN(C(=O)c4ccsc4)C[C@@H]3OC2)cc1. The van der Waals surface area contributed by atoms with Gasteiger partial charge in [-0.05, 0) is 35.7 Å². The maximum atomic E-state index is 12.5. The lowest BCUT2D eigenvalue weighted by molar-refractivity contribution is -0.00461. The third-order valence-electron chi connectivity index (χ3n) is 4.84. The van der Waals surface area contributed by atoms with E-state index < -0.39 is 0 Å². The fourth-order valence-electron chi connectivity index (χ4n) is 3.36. The molecule has 7 nitrogen and oxygen atoms in total. The molecule has 0 unspecified atom stereocenters. The van der Waals surface area contributed by atoms with Crippen molar-refractivity contribution in [2.24, 2.45) is 0 Å². The van der Waals surface area contributed by atoms with Crippen molar-refractivity contribution in [1.82, 2.24) is 4.90 Å². The second kappa shape index (κ2) is 8.30. The van der Waals surface area contributed by atoms with E-state index >= 15 is 0 Å². The fourth-order valence-corrected chi connectivity index (χ4v) is 3.99. The van der Waals surface area contributed by atoms with Gasteiger partial charge in [-0.2, -0.15) is 11.3 Å². The lowest BCUT2D eigenvalue weighted by atomic mass is 10.2. The van der Waals surface area contributed by atoms with E-state index in [1.54, 1.807) is 29.2 Å². The van der Waals surface area contributed by atoms with Gasteiger partial charge in [0.2, 0.25) is 0 Å². The average Bonchev–Trinajstić information content (AvgIpc) is 3.36. The van der Waals surface area contributed by atoms with Crippen molar-refractivity contribution in [3.05, 3.63) is 52.2 Å². The zero-order valence-electron chi connectivity index (χ0n) is 15.4. The molecule has 0 aliphatic carbocycles. The number of benzene rings is 1. The zero-order valence-corrected chi connectivity index (χ0v) is 16.2. The number of nitrogens with zero attached hydrogens (tertiary/aromatic N) is 1. The van der Waals surface area contributed by atoms with Gasteiger partial charge in [0.15, 0.2) is 0 Å². The van der Waals surface area contributed by atoms with Gasteiger partial charge in [0.05, 0.1) is 31.5 Å². The number of methoxy groups -OCH3 is 1. The van der Waals surface area contributed by atoms with Gasteiger partial charge in [0, 0.05) is 18.5 Å². The minimum atomic E-state index is -0.387. The van der Waals surface area contributed by atoms with Crippen molar-refractivity contribution in [2.75, 3.05) is 33.4 Å². The molecule has 2 fully saturated rings. The van der Waals surface area contributed by atoms with E-state index in [0.717, 1.165) is 0 Å². The number of amides is 1. The van der Waals surface area contributed by atoms with E-state index in [-0.39, 0.29) is 30.2 Å². The highest BCUT2D eigenvalue weighted by Crippen LogP contribution is 2.24. The van der Waals surface area contributed by atoms with Crippen LogP contribution in [0, 0.1) is 0 Å². The molecule has 2 atom stereocenters. The lowest BCUT2D eigenvalue weighted by Gasteiger charge is -2.19. The molecule has 148 valence electrons. The summed E-state index contributed by atoms with van der Waals surface area (Å²) in [7, 11) is 1.35. The van der Waals surface area contributed by atoms with Crippen LogP contribution in [0.15, 0.2) is 41.1 Å². The highest BCUT2D eigenvalue weighted by atomic mass is 32.1. The third-order valence-corrected chi connectivity index (χ3v) is 5.52. The minimum Gasteiger partial charge on any atom is -0.486 e. The van der Waals surface area contributed by atoms with Crippen molar-refractivity contribution in [3.63, 3.8) is 0 Å². The molecule has 1 aromatic heterocycles. The first-order chi connectivity index (χ1) is 13.6. The van der Waals surface area contributed by atoms with Crippen molar-refractivity contribution in [2.45, 2.75) is 18.3 Å². The number of fused-ring (bicyclic) bond motifs is 1. The Morgan fingerprint density at radius 2 is 1.71 bits per heavy atom. The smallest absolute Gasteiger partial charge is 0.337 e. The Bertz CT molecular complexity index is 806. The molecular weight excluding hydrogens is 382 g/mol. The van der Waals surface area contributed by atoms with Crippen LogP contribution in [-0.4, -0.2) is 68.5 Å². The number of carbonyl (C=O) groups is 2. The quantitative estimate of drug-likeness (QED) is 0.729. The number of hydrogen-bond acceptors (Lipinski definition) is 7. The molecule has 8 heteroatoms. The van der Waals surface area contributed by atoms with Crippen molar-refractivity contribution < 1.29 is 28.5 Å². The van der Waals surface area contributed by atoms with Crippen molar-refractivity contribution in [3.8, 4) is 5.75 Å². The number of hydrogen-bond donors (Lipinski definition) is 0. The van der Waals surface area contributed by atoms with E-state index in [4.69, 9.17) is 14.2 Å². The summed E-state index contributed by atoms with van der Waals surface area (Å²) < 4.78 is 22.6. The summed E-state index contributed by atoms with van der Waals surface area (Å²) in [4.78, 5) is 25.8. The molecular formula is C20H21NO6S. The van der Waals surface area contributed by atoms with Gasteiger partial charge in [0.25, 0.3) is 5.91 Å². The van der Waals surface area contributed by atoms with Gasteiger partial charge in [-0.3, -0.25) is 4.79 Å². The second-order valence-electron chi connectivity index (χ2n) is 6.72. The molecule has 4 rings (SSSR count). The van der Waals surface area contributed by atoms with Crippen LogP contribution in [-0.2, 0) is 14.2 Å². The molecule has 0 N–H and O–H groups in total. The summed E-state index contributed by atoms with van der Waals surface area (Å²) in [5.74, 6) is 0.258. The van der Waals surface area contributed by atoms with Crippen LogP contribution in [0.1, 0.15) is 20.7 Å². The average molecular weight is 403 g/mol. The van der Waals surface area contributed by atoms with E-state index in [1.165, 1.54) is 18.4 Å². The van der Waals surface area contributed by atoms with Gasteiger partial charge in [-0.1, -0.05) is 0 Å². The van der Waals surface area contributed by atoms with Crippen molar-refractivity contribution in [1.29, 1.82) is 0 Å². The summed E-state index contributed by atoms with van der Waals surface area (Å²) in [6, 6.07) is 8.58. The molecule has 0 radical (unpaired) electrons. The third kappa shape index (κ3) is 4.04. The van der Waals surface area contributed by atoms with Crippen LogP contribution in [0.3, 0.4) is 0 Å². The largest absolute Gasteiger partial charge is 0.486 e. The Labute approximate surface area is 166 Å². The number of likely N-dealkylation sites (tertiary alicyclic amines) is 1. The van der Waals surface area contributed by atoms with Gasteiger partial charge in [-0.15, -0.1) is 0 Å². The first kappa shape index (κ1) is 18.9. The highest BCUT2D eigenvalue weighted by molar-refractivity contribution is 7.08. The van der Waals surface area contributed by atoms with Crippen LogP contribution >= 0.6 is 11.3 Å². The summed E-state index contributed by atoms with van der Waals surface area (Å²) in [5.41, 5.74) is 1.17. The van der Waals surface area contributed by atoms with Gasteiger partial charge >= 0.3 is 5.97 Å². The number of rotatable bonds is 4. The molecule has 0 spiro atoms. The van der Waals surface area contributed by atoms with Crippen LogP contribution in [0.2, 0.25) is 0 Å². The molecule has 2 aliphatic heterocycles. The Morgan fingerprint density at radius 3 is 2.29 bits per heavy atom. The van der Waals surface area contributed by atoms with Gasteiger partial charge < -0.3 is 23.8 Å². The summed E-state index contributed by atoms with van der Waals surface area (Å²) >= 11 is 1.51. The molecule has 2 aliphatic rings. The molecule has 2 aromatic rings. The molecule has 28 heavy (non-hydrogen) atoms. The molecule has 1 aromatic carbocycles. The van der Waals surface area contributed by atoms with Crippen LogP contribution < -0.4 is 4.74 Å². The number of ether oxygens (including phenoxy) is 4.